The maximum absolute atomic E-state index is 14.2. The van der Waals surface area contributed by atoms with Crippen LogP contribution in [0.15, 0.2) is 84.2 Å². The molecule has 41 heavy (non-hydrogen) atoms. The van der Waals surface area contributed by atoms with Crippen LogP contribution >= 0.6 is 0 Å². The number of aliphatic hydroxyl groups excluding tert-OH is 1. The van der Waals surface area contributed by atoms with E-state index in [1.165, 1.54) is 41.1 Å². The molecule has 0 aliphatic heterocycles. The number of pyridine rings is 1. The Morgan fingerprint density at radius 3 is 2.12 bits per heavy atom. The van der Waals surface area contributed by atoms with E-state index in [1.807, 2.05) is 30.7 Å². The summed E-state index contributed by atoms with van der Waals surface area (Å²) in [6, 6.07) is 13.2. The predicted octanol–water partition coefficient (Wildman–Crippen LogP) is 6.96. The van der Waals surface area contributed by atoms with Gasteiger partial charge in [0.2, 0.25) is 0 Å². The van der Waals surface area contributed by atoms with Gasteiger partial charge in [-0.3, -0.25) is 4.79 Å². The first kappa shape index (κ1) is 28.0. The number of nitrogens with zero attached hydrogens (tertiary/aromatic N) is 3. The lowest BCUT2D eigenvalue weighted by atomic mass is 9.96. The molecule has 5 rings (SSSR count). The van der Waals surface area contributed by atoms with Crippen LogP contribution in [-0.4, -0.2) is 19.2 Å². The average molecular weight is 562 g/mol. The molecule has 2 atom stereocenters. The standard InChI is InChI=1S/C32H27F4N3O2/c1-4-28(22-13-26(34)30(36)27(35)14-22)39-16-23(20-5-8-24(33)9-6-20)12-25(32(39)41)31(40)21-7-10-29(18(2)11-21)38-15-19(3)37-17-38/h5-17,28,31,40H,4H2,1-3H3. The second-order valence-electron chi connectivity index (χ2n) is 10.00. The monoisotopic (exact) mass is 561 g/mol. The van der Waals surface area contributed by atoms with Gasteiger partial charge in [0.1, 0.15) is 11.9 Å². The van der Waals surface area contributed by atoms with E-state index in [0.717, 1.165) is 29.1 Å². The van der Waals surface area contributed by atoms with Crippen molar-refractivity contribution in [3.05, 3.63) is 141 Å². The van der Waals surface area contributed by atoms with Crippen LogP contribution in [0.2, 0.25) is 0 Å². The van der Waals surface area contributed by atoms with E-state index in [4.69, 9.17) is 0 Å². The van der Waals surface area contributed by atoms with Crippen molar-refractivity contribution >= 4 is 0 Å². The Labute approximate surface area is 234 Å². The summed E-state index contributed by atoms with van der Waals surface area (Å²) in [5, 5.41) is 11.5. The van der Waals surface area contributed by atoms with Crippen LogP contribution in [0.4, 0.5) is 17.6 Å². The van der Waals surface area contributed by atoms with Gasteiger partial charge in [0, 0.05) is 18.1 Å². The van der Waals surface area contributed by atoms with Gasteiger partial charge >= 0.3 is 0 Å². The van der Waals surface area contributed by atoms with Crippen LogP contribution < -0.4 is 5.56 Å². The van der Waals surface area contributed by atoms with E-state index >= 15 is 0 Å². The number of benzene rings is 3. The molecule has 0 saturated heterocycles. The van der Waals surface area contributed by atoms with Crippen molar-refractivity contribution < 1.29 is 22.7 Å². The molecule has 0 aliphatic rings. The SMILES string of the molecule is CCC(c1cc(F)c(F)c(F)c1)n1cc(-c2ccc(F)cc2)cc(C(O)c2ccc(-n3cnc(C)c3)c(C)c2)c1=O. The minimum Gasteiger partial charge on any atom is -0.383 e. The van der Waals surface area contributed by atoms with Crippen LogP contribution in [0.1, 0.15) is 53.4 Å². The van der Waals surface area contributed by atoms with Crippen molar-refractivity contribution in [3.8, 4) is 16.8 Å². The molecular formula is C32H27F4N3O2. The third-order valence-corrected chi connectivity index (χ3v) is 7.18. The van der Waals surface area contributed by atoms with Gasteiger partial charge in [0.15, 0.2) is 17.5 Å². The lowest BCUT2D eigenvalue weighted by Crippen LogP contribution is -2.29. The van der Waals surface area contributed by atoms with Crippen molar-refractivity contribution in [3.63, 3.8) is 0 Å². The summed E-state index contributed by atoms with van der Waals surface area (Å²) in [7, 11) is 0. The summed E-state index contributed by atoms with van der Waals surface area (Å²) in [5.74, 6) is -4.79. The number of aromatic nitrogens is 3. The summed E-state index contributed by atoms with van der Waals surface area (Å²) in [6.07, 6.45) is 3.92. The number of imidazole rings is 1. The Bertz CT molecular complexity index is 1770. The molecule has 0 aliphatic carbocycles. The average Bonchev–Trinajstić information content (AvgIpc) is 3.38. The van der Waals surface area contributed by atoms with Crippen LogP contribution in [0.25, 0.3) is 16.8 Å². The molecule has 0 amide bonds. The number of hydrogen-bond acceptors (Lipinski definition) is 3. The summed E-state index contributed by atoms with van der Waals surface area (Å²) in [6.45, 7) is 5.47. The molecule has 0 saturated carbocycles. The summed E-state index contributed by atoms with van der Waals surface area (Å²) in [4.78, 5) is 18.1. The maximum Gasteiger partial charge on any atom is 0.257 e. The van der Waals surface area contributed by atoms with E-state index in [0.29, 0.717) is 16.7 Å². The zero-order chi connectivity index (χ0) is 29.4. The molecule has 0 spiro atoms. The molecular weight excluding hydrogens is 534 g/mol. The minimum absolute atomic E-state index is 0.0129. The zero-order valence-corrected chi connectivity index (χ0v) is 22.6. The maximum atomic E-state index is 14.2. The van der Waals surface area contributed by atoms with E-state index in [1.54, 1.807) is 25.4 Å². The van der Waals surface area contributed by atoms with Crippen molar-refractivity contribution in [2.75, 3.05) is 0 Å². The van der Waals surface area contributed by atoms with E-state index in [9.17, 15) is 27.5 Å². The third-order valence-electron chi connectivity index (χ3n) is 7.18. The normalized spacial score (nSPS) is 12.9. The fraction of sp³-hybridized carbons (Fsp3) is 0.188. The highest BCUT2D eigenvalue weighted by molar-refractivity contribution is 5.63. The van der Waals surface area contributed by atoms with Crippen molar-refractivity contribution in [2.45, 2.75) is 39.3 Å². The van der Waals surface area contributed by atoms with Crippen molar-refractivity contribution in [1.29, 1.82) is 0 Å². The molecule has 9 heteroatoms. The van der Waals surface area contributed by atoms with Crippen molar-refractivity contribution in [2.24, 2.45) is 0 Å². The second-order valence-corrected chi connectivity index (χ2v) is 10.00. The lowest BCUT2D eigenvalue weighted by Gasteiger charge is -2.23. The van der Waals surface area contributed by atoms with Gasteiger partial charge in [-0.05, 0) is 84.5 Å². The topological polar surface area (TPSA) is 60.1 Å². The van der Waals surface area contributed by atoms with Crippen LogP contribution in [-0.2, 0) is 0 Å². The van der Waals surface area contributed by atoms with Gasteiger partial charge in [0.05, 0.1) is 23.6 Å². The molecule has 3 aromatic carbocycles. The molecule has 2 aromatic heterocycles. The van der Waals surface area contributed by atoms with E-state index in [2.05, 4.69) is 4.98 Å². The Hall–Kier alpha value is -4.50. The molecule has 2 unspecified atom stereocenters. The molecule has 0 bridgehead atoms. The van der Waals surface area contributed by atoms with Crippen LogP contribution in [0.3, 0.4) is 0 Å². The molecule has 1 N–H and O–H groups in total. The molecule has 0 radical (unpaired) electrons. The van der Waals surface area contributed by atoms with Gasteiger partial charge in [-0.2, -0.15) is 0 Å². The summed E-state index contributed by atoms with van der Waals surface area (Å²) < 4.78 is 58.9. The first-order valence-corrected chi connectivity index (χ1v) is 13.0. The first-order chi connectivity index (χ1) is 19.6. The number of aliphatic hydroxyl groups is 1. The smallest absolute Gasteiger partial charge is 0.257 e. The molecule has 2 heterocycles. The quantitative estimate of drug-likeness (QED) is 0.173. The Morgan fingerprint density at radius 2 is 1.54 bits per heavy atom. The van der Waals surface area contributed by atoms with Gasteiger partial charge in [-0.1, -0.05) is 31.2 Å². The molecule has 5 nitrogen and oxygen atoms in total. The Balaban J connectivity index is 1.66. The van der Waals surface area contributed by atoms with Gasteiger partial charge in [-0.25, -0.2) is 22.5 Å². The predicted molar refractivity (Wildman–Crippen MR) is 148 cm³/mol. The minimum atomic E-state index is -1.60. The molecule has 210 valence electrons. The van der Waals surface area contributed by atoms with Gasteiger partial charge in [-0.15, -0.1) is 0 Å². The Kier molecular flexibility index (Phi) is 7.64. The van der Waals surface area contributed by atoms with Crippen LogP contribution in [0, 0.1) is 37.1 Å². The third kappa shape index (κ3) is 5.45. The zero-order valence-electron chi connectivity index (χ0n) is 22.6. The highest BCUT2D eigenvalue weighted by Gasteiger charge is 2.24. The largest absolute Gasteiger partial charge is 0.383 e. The number of hydrogen-bond donors (Lipinski definition) is 1. The first-order valence-electron chi connectivity index (χ1n) is 13.0. The van der Waals surface area contributed by atoms with E-state index < -0.39 is 41.0 Å². The highest BCUT2D eigenvalue weighted by Crippen LogP contribution is 2.31. The summed E-state index contributed by atoms with van der Waals surface area (Å²) >= 11 is 0. The number of rotatable bonds is 7. The van der Waals surface area contributed by atoms with Gasteiger partial charge in [0.25, 0.3) is 5.56 Å². The fourth-order valence-electron chi connectivity index (χ4n) is 5.08. The number of aryl methyl sites for hydroxylation is 2. The van der Waals surface area contributed by atoms with Crippen molar-refractivity contribution in [1.82, 2.24) is 14.1 Å². The molecule has 5 aromatic rings. The van der Waals surface area contributed by atoms with Crippen LogP contribution in [0.5, 0.6) is 0 Å². The van der Waals surface area contributed by atoms with Gasteiger partial charge < -0.3 is 14.2 Å². The van der Waals surface area contributed by atoms with E-state index in [-0.39, 0.29) is 17.5 Å². The highest BCUT2D eigenvalue weighted by atomic mass is 19.2. The second kappa shape index (κ2) is 11.2. The fourth-order valence-corrected chi connectivity index (χ4v) is 5.08. The Morgan fingerprint density at radius 1 is 0.854 bits per heavy atom. The summed E-state index contributed by atoms with van der Waals surface area (Å²) in [5.41, 5.74) is 3.49. The number of halogens is 4. The molecule has 0 fully saturated rings. The lowest BCUT2D eigenvalue weighted by molar-refractivity contribution is 0.217.